The summed E-state index contributed by atoms with van der Waals surface area (Å²) in [6.45, 7) is 1.90. The van der Waals surface area contributed by atoms with Gasteiger partial charge in [0, 0.05) is 6.42 Å². The molecular formula is C10H13NO2. The van der Waals surface area contributed by atoms with Crippen molar-refractivity contribution < 1.29 is 9.90 Å². The van der Waals surface area contributed by atoms with Crippen LogP contribution in [0.2, 0.25) is 0 Å². The fourth-order valence-corrected chi connectivity index (χ4v) is 1.25. The van der Waals surface area contributed by atoms with Gasteiger partial charge in [-0.05, 0) is 23.6 Å². The van der Waals surface area contributed by atoms with Crippen LogP contribution in [-0.2, 0) is 4.79 Å². The second-order valence-corrected chi connectivity index (χ2v) is 3.17. The number of benzene rings is 1. The average Bonchev–Trinajstić information content (AvgIpc) is 2.03. The Labute approximate surface area is 77.2 Å². The van der Waals surface area contributed by atoms with Gasteiger partial charge in [-0.15, -0.1) is 0 Å². The number of phenols is 1. The Morgan fingerprint density at radius 1 is 1.62 bits per heavy atom. The van der Waals surface area contributed by atoms with E-state index in [2.05, 4.69) is 0 Å². The minimum atomic E-state index is -0.323. The van der Waals surface area contributed by atoms with Crippen LogP contribution in [0.3, 0.4) is 0 Å². The van der Waals surface area contributed by atoms with Crippen LogP contribution in [0.25, 0.3) is 0 Å². The van der Waals surface area contributed by atoms with Gasteiger partial charge in [0.2, 0.25) is 5.91 Å². The van der Waals surface area contributed by atoms with Crippen LogP contribution in [0.5, 0.6) is 5.75 Å². The van der Waals surface area contributed by atoms with Crippen molar-refractivity contribution in [1.82, 2.24) is 0 Å². The highest BCUT2D eigenvalue weighted by Crippen LogP contribution is 2.21. The summed E-state index contributed by atoms with van der Waals surface area (Å²) in [4.78, 5) is 10.6. The number of carbonyl (C=O) groups excluding carboxylic acids is 1. The van der Waals surface area contributed by atoms with E-state index in [1.165, 1.54) is 0 Å². The maximum absolute atomic E-state index is 10.6. The molecular weight excluding hydrogens is 166 g/mol. The van der Waals surface area contributed by atoms with Crippen molar-refractivity contribution in [3.63, 3.8) is 0 Å². The molecule has 0 fully saturated rings. The van der Waals surface area contributed by atoms with E-state index in [0.717, 1.165) is 5.56 Å². The molecule has 0 bridgehead atoms. The zero-order valence-corrected chi connectivity index (χ0v) is 7.53. The van der Waals surface area contributed by atoms with Crippen LogP contribution in [0, 0.1) is 0 Å². The molecule has 0 saturated heterocycles. The van der Waals surface area contributed by atoms with E-state index in [1.807, 2.05) is 13.0 Å². The van der Waals surface area contributed by atoms with Gasteiger partial charge in [0.15, 0.2) is 0 Å². The summed E-state index contributed by atoms with van der Waals surface area (Å²) in [5.41, 5.74) is 6.00. The Morgan fingerprint density at radius 2 is 2.31 bits per heavy atom. The zero-order valence-electron chi connectivity index (χ0n) is 7.53. The topological polar surface area (TPSA) is 63.3 Å². The van der Waals surface area contributed by atoms with Crippen molar-refractivity contribution in [2.45, 2.75) is 19.3 Å². The molecule has 0 radical (unpaired) electrons. The fraction of sp³-hybridized carbons (Fsp3) is 0.300. The van der Waals surface area contributed by atoms with Gasteiger partial charge in [0.25, 0.3) is 0 Å². The maximum Gasteiger partial charge on any atom is 0.218 e. The van der Waals surface area contributed by atoms with E-state index < -0.39 is 0 Å². The third-order valence-electron chi connectivity index (χ3n) is 1.95. The van der Waals surface area contributed by atoms with Crippen LogP contribution in [0.15, 0.2) is 24.3 Å². The van der Waals surface area contributed by atoms with Crippen LogP contribution in [0.1, 0.15) is 24.8 Å². The summed E-state index contributed by atoms with van der Waals surface area (Å²) in [6, 6.07) is 6.86. The largest absolute Gasteiger partial charge is 0.508 e. The highest BCUT2D eigenvalue weighted by molar-refractivity contribution is 5.74. The third kappa shape index (κ3) is 2.78. The minimum absolute atomic E-state index is 0.0598. The molecule has 0 aliphatic heterocycles. The molecule has 3 heteroatoms. The number of phenolic OH excluding ortho intramolecular Hbond substituents is 1. The first-order valence-corrected chi connectivity index (χ1v) is 4.17. The maximum atomic E-state index is 10.6. The highest BCUT2D eigenvalue weighted by atomic mass is 16.3. The lowest BCUT2D eigenvalue weighted by molar-refractivity contribution is -0.118. The molecule has 3 nitrogen and oxygen atoms in total. The van der Waals surface area contributed by atoms with Crippen molar-refractivity contribution in [2.24, 2.45) is 5.73 Å². The van der Waals surface area contributed by atoms with Gasteiger partial charge in [0.05, 0.1) is 0 Å². The molecule has 0 aromatic heterocycles. The summed E-state index contributed by atoms with van der Waals surface area (Å²) in [5.74, 6) is -0.0470. The molecule has 0 spiro atoms. The number of aromatic hydroxyl groups is 1. The lowest BCUT2D eigenvalue weighted by Crippen LogP contribution is -2.13. The molecule has 0 unspecified atom stereocenters. The van der Waals surface area contributed by atoms with E-state index in [0.29, 0.717) is 6.42 Å². The molecule has 1 aromatic carbocycles. The summed E-state index contributed by atoms with van der Waals surface area (Å²) in [6.07, 6.45) is 0.309. The Hall–Kier alpha value is -1.51. The summed E-state index contributed by atoms with van der Waals surface area (Å²) < 4.78 is 0. The normalized spacial score (nSPS) is 12.4. The number of amides is 1. The monoisotopic (exact) mass is 179 g/mol. The summed E-state index contributed by atoms with van der Waals surface area (Å²) in [5, 5.41) is 9.18. The van der Waals surface area contributed by atoms with E-state index in [4.69, 9.17) is 5.73 Å². The van der Waals surface area contributed by atoms with E-state index in [9.17, 15) is 9.90 Å². The first kappa shape index (κ1) is 9.58. The molecule has 70 valence electrons. The second kappa shape index (κ2) is 3.94. The first-order chi connectivity index (χ1) is 6.09. The van der Waals surface area contributed by atoms with Gasteiger partial charge in [-0.2, -0.15) is 0 Å². The van der Waals surface area contributed by atoms with Crippen LogP contribution < -0.4 is 5.73 Å². The minimum Gasteiger partial charge on any atom is -0.508 e. The quantitative estimate of drug-likeness (QED) is 0.736. The SMILES string of the molecule is C[C@H](CC(N)=O)c1cccc(O)c1. The van der Waals surface area contributed by atoms with Crippen molar-refractivity contribution in [1.29, 1.82) is 0 Å². The number of hydrogen-bond acceptors (Lipinski definition) is 2. The summed E-state index contributed by atoms with van der Waals surface area (Å²) >= 11 is 0. The Kier molecular flexibility index (Phi) is 2.90. The Bertz CT molecular complexity index is 310. The van der Waals surface area contributed by atoms with Crippen molar-refractivity contribution in [2.75, 3.05) is 0 Å². The van der Waals surface area contributed by atoms with Gasteiger partial charge in [-0.3, -0.25) is 4.79 Å². The van der Waals surface area contributed by atoms with Crippen LogP contribution >= 0.6 is 0 Å². The molecule has 3 N–H and O–H groups in total. The second-order valence-electron chi connectivity index (χ2n) is 3.17. The van der Waals surface area contributed by atoms with Crippen LogP contribution in [-0.4, -0.2) is 11.0 Å². The van der Waals surface area contributed by atoms with E-state index >= 15 is 0 Å². The number of hydrogen-bond donors (Lipinski definition) is 2. The lowest BCUT2D eigenvalue weighted by atomic mass is 9.97. The van der Waals surface area contributed by atoms with E-state index in [1.54, 1.807) is 18.2 Å². The summed E-state index contributed by atoms with van der Waals surface area (Å²) in [7, 11) is 0. The number of primary amides is 1. The molecule has 13 heavy (non-hydrogen) atoms. The first-order valence-electron chi connectivity index (χ1n) is 4.17. The van der Waals surface area contributed by atoms with Crippen molar-refractivity contribution in [3.05, 3.63) is 29.8 Å². The van der Waals surface area contributed by atoms with Crippen molar-refractivity contribution in [3.8, 4) is 5.75 Å². The van der Waals surface area contributed by atoms with Gasteiger partial charge >= 0.3 is 0 Å². The van der Waals surface area contributed by atoms with Crippen LogP contribution in [0.4, 0.5) is 0 Å². The molecule has 0 heterocycles. The fourth-order valence-electron chi connectivity index (χ4n) is 1.25. The average molecular weight is 179 g/mol. The molecule has 0 saturated carbocycles. The number of carbonyl (C=O) groups is 1. The molecule has 1 atom stereocenters. The molecule has 1 amide bonds. The zero-order chi connectivity index (χ0) is 9.84. The number of rotatable bonds is 3. The van der Waals surface area contributed by atoms with Gasteiger partial charge in [0.1, 0.15) is 5.75 Å². The van der Waals surface area contributed by atoms with E-state index in [-0.39, 0.29) is 17.6 Å². The predicted molar refractivity (Wildman–Crippen MR) is 50.3 cm³/mol. The predicted octanol–water partition coefficient (Wildman–Crippen LogP) is 1.37. The lowest BCUT2D eigenvalue weighted by Gasteiger charge is -2.09. The highest BCUT2D eigenvalue weighted by Gasteiger charge is 2.08. The smallest absolute Gasteiger partial charge is 0.218 e. The number of nitrogens with two attached hydrogens (primary N) is 1. The van der Waals surface area contributed by atoms with Gasteiger partial charge in [-0.1, -0.05) is 19.1 Å². The Morgan fingerprint density at radius 3 is 2.85 bits per heavy atom. The molecule has 0 aliphatic carbocycles. The third-order valence-corrected chi connectivity index (χ3v) is 1.95. The molecule has 1 rings (SSSR count). The van der Waals surface area contributed by atoms with Crippen molar-refractivity contribution >= 4 is 5.91 Å². The Balaban J connectivity index is 2.76. The molecule has 0 aliphatic rings. The standard InChI is InChI=1S/C10H13NO2/c1-7(5-10(11)13)8-3-2-4-9(12)6-8/h2-4,6-7,12H,5H2,1H3,(H2,11,13)/t7-/m1/s1. The molecule has 1 aromatic rings. The van der Waals surface area contributed by atoms with Gasteiger partial charge < -0.3 is 10.8 Å². The van der Waals surface area contributed by atoms with Gasteiger partial charge in [-0.25, -0.2) is 0 Å².